The molecule has 1 aromatic heterocycles. The van der Waals surface area contributed by atoms with Crippen LogP contribution in [0.2, 0.25) is 0 Å². The zero-order chi connectivity index (χ0) is 12.6. The molecule has 0 aliphatic rings. The Morgan fingerprint density at radius 3 is 2.18 bits per heavy atom. The summed E-state index contributed by atoms with van der Waals surface area (Å²) in [5.74, 6) is 0. The topological polar surface area (TPSA) is 26.0 Å². The summed E-state index contributed by atoms with van der Waals surface area (Å²) in [5.41, 5.74) is 12.7. The first-order chi connectivity index (χ1) is 7.99. The molecule has 3 heteroatoms. The van der Waals surface area contributed by atoms with Gasteiger partial charge in [0, 0.05) is 0 Å². The largest absolute Gasteiger partial charge is 0.320 e. The van der Waals surface area contributed by atoms with E-state index < -0.39 is 0 Å². The molecule has 0 aliphatic heterocycles. The normalized spacial score (nSPS) is 12.8. The molecule has 0 saturated heterocycles. The van der Waals surface area contributed by atoms with E-state index in [9.17, 15) is 0 Å². The molecule has 0 fully saturated rings. The zero-order valence-corrected chi connectivity index (χ0v) is 13.2. The van der Waals surface area contributed by atoms with Crippen LogP contribution in [0.3, 0.4) is 0 Å². The molecule has 0 amide bonds. The van der Waals surface area contributed by atoms with Gasteiger partial charge in [-0.15, -0.1) is 11.3 Å². The van der Waals surface area contributed by atoms with Crippen molar-refractivity contribution in [2.24, 2.45) is 5.73 Å². The Morgan fingerprint density at radius 1 is 1.12 bits per heavy atom. The summed E-state index contributed by atoms with van der Waals surface area (Å²) in [7, 11) is 0. The summed E-state index contributed by atoms with van der Waals surface area (Å²) in [5, 5.41) is 2.16. The van der Waals surface area contributed by atoms with Crippen molar-refractivity contribution in [3.8, 4) is 0 Å². The SMILES string of the molecule is Cc1cc(C)c(C(N)c2csc(I)c2)c(C)c1. The van der Waals surface area contributed by atoms with Gasteiger partial charge < -0.3 is 5.73 Å². The van der Waals surface area contributed by atoms with E-state index in [0.717, 1.165) is 0 Å². The predicted molar refractivity (Wildman–Crippen MR) is 83.7 cm³/mol. The molecule has 1 atom stereocenters. The number of hydrogen-bond donors (Lipinski definition) is 1. The van der Waals surface area contributed by atoms with Crippen molar-refractivity contribution in [1.29, 1.82) is 0 Å². The van der Waals surface area contributed by atoms with E-state index in [2.05, 4.69) is 66.9 Å². The third-order valence-electron chi connectivity index (χ3n) is 3.00. The second-order valence-electron chi connectivity index (χ2n) is 4.47. The first-order valence-corrected chi connectivity index (χ1v) is 7.52. The van der Waals surface area contributed by atoms with Gasteiger partial charge in [-0.1, -0.05) is 17.7 Å². The van der Waals surface area contributed by atoms with Crippen LogP contribution in [0.25, 0.3) is 0 Å². The van der Waals surface area contributed by atoms with E-state index in [0.29, 0.717) is 0 Å². The Morgan fingerprint density at radius 2 is 1.71 bits per heavy atom. The Bertz CT molecular complexity index is 522. The van der Waals surface area contributed by atoms with Crippen LogP contribution in [0.5, 0.6) is 0 Å². The molecule has 2 N–H and O–H groups in total. The molecule has 1 aromatic carbocycles. The lowest BCUT2D eigenvalue weighted by molar-refractivity contribution is 0.854. The summed E-state index contributed by atoms with van der Waals surface area (Å²) in [6, 6.07) is 6.59. The second kappa shape index (κ2) is 5.08. The molecule has 1 heterocycles. The van der Waals surface area contributed by atoms with Gasteiger partial charge in [0.05, 0.1) is 8.93 Å². The first-order valence-electron chi connectivity index (χ1n) is 5.56. The average molecular weight is 357 g/mol. The quantitative estimate of drug-likeness (QED) is 0.796. The number of thiophene rings is 1. The van der Waals surface area contributed by atoms with E-state index >= 15 is 0 Å². The fourth-order valence-corrected chi connectivity index (χ4v) is 3.74. The molecule has 0 radical (unpaired) electrons. The Balaban J connectivity index is 2.47. The van der Waals surface area contributed by atoms with Crippen LogP contribution < -0.4 is 5.73 Å². The van der Waals surface area contributed by atoms with E-state index in [1.807, 2.05) is 0 Å². The summed E-state index contributed by atoms with van der Waals surface area (Å²) >= 11 is 4.09. The summed E-state index contributed by atoms with van der Waals surface area (Å²) in [6.45, 7) is 6.42. The Kier molecular flexibility index (Phi) is 3.90. The second-order valence-corrected chi connectivity index (χ2v) is 7.28. The van der Waals surface area contributed by atoms with Crippen molar-refractivity contribution < 1.29 is 0 Å². The van der Waals surface area contributed by atoms with E-state index in [-0.39, 0.29) is 6.04 Å². The minimum Gasteiger partial charge on any atom is -0.320 e. The molecule has 17 heavy (non-hydrogen) atoms. The third kappa shape index (κ3) is 2.72. The highest BCUT2D eigenvalue weighted by Gasteiger charge is 2.15. The predicted octanol–water partition coefficient (Wildman–Crippen LogP) is 4.33. The zero-order valence-electron chi connectivity index (χ0n) is 10.3. The first kappa shape index (κ1) is 13.1. The van der Waals surface area contributed by atoms with E-state index in [1.54, 1.807) is 11.3 Å². The van der Waals surface area contributed by atoms with Crippen molar-refractivity contribution in [1.82, 2.24) is 0 Å². The highest BCUT2D eigenvalue weighted by Crippen LogP contribution is 2.30. The third-order valence-corrected chi connectivity index (χ3v) is 4.80. The van der Waals surface area contributed by atoms with Crippen LogP contribution in [-0.2, 0) is 0 Å². The fourth-order valence-electron chi connectivity index (χ4n) is 2.33. The molecule has 1 nitrogen and oxygen atoms in total. The van der Waals surface area contributed by atoms with E-state index in [4.69, 9.17) is 5.73 Å². The van der Waals surface area contributed by atoms with Crippen LogP contribution >= 0.6 is 33.9 Å². The highest BCUT2D eigenvalue weighted by molar-refractivity contribution is 14.1. The van der Waals surface area contributed by atoms with Crippen molar-refractivity contribution in [2.45, 2.75) is 26.8 Å². The Hall–Kier alpha value is -0.390. The van der Waals surface area contributed by atoms with Gasteiger partial charge in [0.1, 0.15) is 0 Å². The fraction of sp³-hybridized carbons (Fsp3) is 0.286. The molecular formula is C14H16INS. The molecule has 0 saturated carbocycles. The maximum atomic E-state index is 6.38. The lowest BCUT2D eigenvalue weighted by Gasteiger charge is -2.17. The number of hydrogen-bond acceptors (Lipinski definition) is 2. The van der Waals surface area contributed by atoms with Gasteiger partial charge >= 0.3 is 0 Å². The number of nitrogens with two attached hydrogens (primary N) is 1. The van der Waals surface area contributed by atoms with Gasteiger partial charge in [-0.2, -0.15) is 0 Å². The summed E-state index contributed by atoms with van der Waals surface area (Å²) < 4.78 is 1.29. The minimum absolute atomic E-state index is 0.00429. The summed E-state index contributed by atoms with van der Waals surface area (Å²) in [6.07, 6.45) is 0. The van der Waals surface area contributed by atoms with Crippen molar-refractivity contribution in [3.05, 3.63) is 54.3 Å². The van der Waals surface area contributed by atoms with Crippen LogP contribution in [-0.4, -0.2) is 0 Å². The number of benzene rings is 1. The Labute approximate surface area is 120 Å². The van der Waals surface area contributed by atoms with Crippen molar-refractivity contribution in [3.63, 3.8) is 0 Å². The smallest absolute Gasteiger partial charge is 0.0656 e. The van der Waals surface area contributed by atoms with Crippen LogP contribution in [0.1, 0.15) is 33.9 Å². The van der Waals surface area contributed by atoms with Crippen molar-refractivity contribution >= 4 is 33.9 Å². The standard InChI is InChI=1S/C14H16INS/c1-8-4-9(2)13(10(3)5-8)14(16)11-6-12(15)17-7-11/h4-7,14H,16H2,1-3H3. The highest BCUT2D eigenvalue weighted by atomic mass is 127. The van der Waals surface area contributed by atoms with Crippen LogP contribution in [0, 0.1) is 23.7 Å². The minimum atomic E-state index is -0.00429. The van der Waals surface area contributed by atoms with Crippen molar-refractivity contribution in [2.75, 3.05) is 0 Å². The van der Waals surface area contributed by atoms with Gasteiger partial charge in [-0.3, -0.25) is 0 Å². The maximum absolute atomic E-state index is 6.38. The molecule has 0 aliphatic carbocycles. The lowest BCUT2D eigenvalue weighted by Crippen LogP contribution is -2.14. The van der Waals surface area contributed by atoms with Gasteiger partial charge in [0.15, 0.2) is 0 Å². The number of halogens is 1. The molecular weight excluding hydrogens is 341 g/mol. The number of rotatable bonds is 2. The molecule has 90 valence electrons. The summed E-state index contributed by atoms with van der Waals surface area (Å²) in [4.78, 5) is 0. The van der Waals surface area contributed by atoms with Gasteiger partial charge in [0.2, 0.25) is 0 Å². The van der Waals surface area contributed by atoms with Gasteiger partial charge in [-0.05, 0) is 77.1 Å². The number of aryl methyl sites for hydroxylation is 3. The maximum Gasteiger partial charge on any atom is 0.0656 e. The monoisotopic (exact) mass is 357 g/mol. The van der Waals surface area contributed by atoms with Gasteiger partial charge in [0.25, 0.3) is 0 Å². The van der Waals surface area contributed by atoms with E-state index in [1.165, 1.54) is 30.7 Å². The molecule has 2 rings (SSSR count). The van der Waals surface area contributed by atoms with Gasteiger partial charge in [-0.25, -0.2) is 0 Å². The molecule has 0 spiro atoms. The molecule has 2 aromatic rings. The molecule has 1 unspecified atom stereocenters. The van der Waals surface area contributed by atoms with Crippen LogP contribution in [0.4, 0.5) is 0 Å². The molecule has 0 bridgehead atoms. The average Bonchev–Trinajstić information content (AvgIpc) is 2.63. The van der Waals surface area contributed by atoms with Crippen LogP contribution in [0.15, 0.2) is 23.6 Å². The lowest BCUT2D eigenvalue weighted by atomic mass is 9.92.